The molecule has 0 saturated carbocycles. The van der Waals surface area contributed by atoms with Crippen LogP contribution in [0.1, 0.15) is 34.6 Å². The lowest BCUT2D eigenvalue weighted by Gasteiger charge is -2.27. The van der Waals surface area contributed by atoms with Crippen LogP contribution >= 0.6 is 0 Å². The molecule has 3 aromatic rings. The molecule has 1 unspecified atom stereocenters. The summed E-state index contributed by atoms with van der Waals surface area (Å²) in [5.41, 5.74) is 1.16. The summed E-state index contributed by atoms with van der Waals surface area (Å²) in [4.78, 5) is 37.5. The molecule has 174 valence electrons. The van der Waals surface area contributed by atoms with Gasteiger partial charge in [-0.1, -0.05) is 0 Å². The fourth-order valence-electron chi connectivity index (χ4n) is 3.48. The second-order valence-electron chi connectivity index (χ2n) is 7.31. The molecule has 1 aliphatic heterocycles. The van der Waals surface area contributed by atoms with Gasteiger partial charge in [-0.25, -0.2) is 14.0 Å². The highest BCUT2D eigenvalue weighted by Crippen LogP contribution is 2.28. The molecule has 1 aliphatic rings. The van der Waals surface area contributed by atoms with E-state index in [1.165, 1.54) is 30.5 Å². The summed E-state index contributed by atoms with van der Waals surface area (Å²) < 4.78 is 29.4. The van der Waals surface area contributed by atoms with Crippen LogP contribution in [0.15, 0.2) is 82.6 Å². The van der Waals surface area contributed by atoms with Crippen molar-refractivity contribution < 1.29 is 32.7 Å². The molecule has 2 heterocycles. The molecule has 0 radical (unpaired) electrons. The third kappa shape index (κ3) is 4.98. The van der Waals surface area contributed by atoms with E-state index in [0.29, 0.717) is 22.6 Å². The van der Waals surface area contributed by atoms with Crippen molar-refractivity contribution in [2.75, 3.05) is 13.2 Å². The molecular formula is C25H21FN2O6. The van der Waals surface area contributed by atoms with Gasteiger partial charge in [-0.3, -0.25) is 4.79 Å². The summed E-state index contributed by atoms with van der Waals surface area (Å²) >= 11 is 0. The Labute approximate surface area is 194 Å². The Hall–Kier alpha value is -4.40. The average Bonchev–Trinajstić information content (AvgIpc) is 3.38. The number of amides is 2. The molecule has 34 heavy (non-hydrogen) atoms. The van der Waals surface area contributed by atoms with Crippen LogP contribution in [-0.4, -0.2) is 31.0 Å². The van der Waals surface area contributed by atoms with Gasteiger partial charge in [0.25, 0.3) is 0 Å². The van der Waals surface area contributed by atoms with Crippen LogP contribution in [0, 0.1) is 5.82 Å². The standard InChI is InChI=1S/C25H21FN2O6/c1-2-32-24(30)21-19(27-25(31)28-22(21)20-4-3-13-33-20)14-34-18-11-7-16(8-12-18)23(29)15-5-9-17(26)10-6-15/h3-13,22H,2,14H2,1H3,(H2,27,28,31). The topological polar surface area (TPSA) is 107 Å². The van der Waals surface area contributed by atoms with Crippen LogP contribution in [0.4, 0.5) is 9.18 Å². The number of carbonyl (C=O) groups is 3. The van der Waals surface area contributed by atoms with E-state index in [2.05, 4.69) is 10.6 Å². The third-order valence-electron chi connectivity index (χ3n) is 5.08. The zero-order valence-corrected chi connectivity index (χ0v) is 18.2. The Morgan fingerprint density at radius 1 is 1.03 bits per heavy atom. The molecule has 4 rings (SSSR count). The number of ketones is 1. The van der Waals surface area contributed by atoms with Crippen molar-refractivity contribution in [1.82, 2.24) is 10.6 Å². The van der Waals surface area contributed by atoms with Gasteiger partial charge in [-0.15, -0.1) is 0 Å². The summed E-state index contributed by atoms with van der Waals surface area (Å²) in [5.74, 6) is -0.509. The molecule has 9 heteroatoms. The minimum Gasteiger partial charge on any atom is -0.487 e. The molecule has 0 fully saturated rings. The van der Waals surface area contributed by atoms with Gasteiger partial charge >= 0.3 is 12.0 Å². The van der Waals surface area contributed by atoms with E-state index < -0.39 is 23.9 Å². The van der Waals surface area contributed by atoms with Crippen LogP contribution in [0.5, 0.6) is 5.75 Å². The molecule has 2 N–H and O–H groups in total. The Balaban J connectivity index is 1.53. The molecule has 0 saturated heterocycles. The highest BCUT2D eigenvalue weighted by molar-refractivity contribution is 6.09. The largest absolute Gasteiger partial charge is 0.487 e. The predicted octanol–water partition coefficient (Wildman–Crippen LogP) is 3.90. The van der Waals surface area contributed by atoms with Crippen LogP contribution in [0.3, 0.4) is 0 Å². The number of ether oxygens (including phenoxy) is 2. The maximum absolute atomic E-state index is 13.1. The molecule has 0 spiro atoms. The first-order chi connectivity index (χ1) is 16.5. The molecular weight excluding hydrogens is 443 g/mol. The van der Waals surface area contributed by atoms with Crippen molar-refractivity contribution >= 4 is 17.8 Å². The highest BCUT2D eigenvalue weighted by atomic mass is 19.1. The van der Waals surface area contributed by atoms with Gasteiger partial charge in [0.2, 0.25) is 0 Å². The molecule has 2 aromatic carbocycles. The summed E-state index contributed by atoms with van der Waals surface area (Å²) in [6.45, 7) is 1.70. The number of rotatable bonds is 8. The van der Waals surface area contributed by atoms with Crippen LogP contribution in [-0.2, 0) is 9.53 Å². The molecule has 0 bridgehead atoms. The number of urea groups is 1. The van der Waals surface area contributed by atoms with E-state index in [9.17, 15) is 18.8 Å². The second kappa shape index (κ2) is 10.0. The maximum Gasteiger partial charge on any atom is 0.338 e. The SMILES string of the molecule is CCOC(=O)C1=C(COc2ccc(C(=O)c3ccc(F)cc3)cc2)NC(=O)NC1c1ccco1. The Kier molecular flexibility index (Phi) is 6.72. The number of carbonyl (C=O) groups excluding carboxylic acids is 3. The van der Waals surface area contributed by atoms with Crippen molar-refractivity contribution in [2.45, 2.75) is 13.0 Å². The number of benzene rings is 2. The lowest BCUT2D eigenvalue weighted by atomic mass is 10.0. The number of esters is 1. The van der Waals surface area contributed by atoms with Crippen molar-refractivity contribution in [2.24, 2.45) is 0 Å². The Morgan fingerprint density at radius 2 is 1.71 bits per heavy atom. The monoisotopic (exact) mass is 464 g/mol. The molecule has 1 aromatic heterocycles. The maximum atomic E-state index is 13.1. The van der Waals surface area contributed by atoms with Gasteiger partial charge < -0.3 is 24.5 Å². The number of halogens is 1. The molecule has 8 nitrogen and oxygen atoms in total. The smallest absolute Gasteiger partial charge is 0.338 e. The first-order valence-corrected chi connectivity index (χ1v) is 10.5. The fraction of sp³-hybridized carbons (Fsp3) is 0.160. The van der Waals surface area contributed by atoms with Gasteiger partial charge in [0.1, 0.15) is 30.0 Å². The van der Waals surface area contributed by atoms with Crippen molar-refractivity contribution in [3.63, 3.8) is 0 Å². The first-order valence-electron chi connectivity index (χ1n) is 10.5. The third-order valence-corrected chi connectivity index (χ3v) is 5.08. The van der Waals surface area contributed by atoms with E-state index in [4.69, 9.17) is 13.9 Å². The predicted molar refractivity (Wildman–Crippen MR) is 119 cm³/mol. The number of nitrogens with one attached hydrogen (secondary N) is 2. The fourth-order valence-corrected chi connectivity index (χ4v) is 3.48. The normalized spacial score (nSPS) is 15.4. The Morgan fingerprint density at radius 3 is 2.32 bits per heavy atom. The average molecular weight is 464 g/mol. The van der Waals surface area contributed by atoms with Crippen molar-refractivity contribution in [3.8, 4) is 5.75 Å². The minimum absolute atomic E-state index is 0.135. The van der Waals surface area contributed by atoms with E-state index in [-0.39, 0.29) is 30.3 Å². The second-order valence-corrected chi connectivity index (χ2v) is 7.31. The van der Waals surface area contributed by atoms with Crippen LogP contribution in [0.2, 0.25) is 0 Å². The van der Waals surface area contributed by atoms with Crippen molar-refractivity contribution in [1.29, 1.82) is 0 Å². The van der Waals surface area contributed by atoms with Gasteiger partial charge in [0.05, 0.1) is 24.1 Å². The summed E-state index contributed by atoms with van der Waals surface area (Å²) in [5, 5.41) is 5.26. The first kappa shape index (κ1) is 22.8. The molecule has 2 amide bonds. The summed E-state index contributed by atoms with van der Waals surface area (Å²) in [7, 11) is 0. The van der Waals surface area contributed by atoms with E-state index in [1.807, 2.05) is 0 Å². The minimum atomic E-state index is -0.836. The van der Waals surface area contributed by atoms with E-state index in [0.717, 1.165) is 0 Å². The quantitative estimate of drug-likeness (QED) is 0.387. The van der Waals surface area contributed by atoms with Crippen LogP contribution in [0.25, 0.3) is 0 Å². The van der Waals surface area contributed by atoms with E-state index in [1.54, 1.807) is 43.3 Å². The zero-order valence-electron chi connectivity index (χ0n) is 18.2. The summed E-state index contributed by atoms with van der Waals surface area (Å²) in [6.07, 6.45) is 1.44. The van der Waals surface area contributed by atoms with Gasteiger partial charge in [0.15, 0.2) is 5.78 Å². The number of hydrogen-bond donors (Lipinski definition) is 2. The van der Waals surface area contributed by atoms with Crippen LogP contribution < -0.4 is 15.4 Å². The highest BCUT2D eigenvalue weighted by Gasteiger charge is 2.35. The van der Waals surface area contributed by atoms with Gasteiger partial charge in [0, 0.05) is 11.1 Å². The Bertz CT molecular complexity index is 1220. The lowest BCUT2D eigenvalue weighted by Crippen LogP contribution is -2.47. The van der Waals surface area contributed by atoms with Crippen molar-refractivity contribution in [3.05, 3.63) is 101 Å². The zero-order chi connectivity index (χ0) is 24.1. The van der Waals surface area contributed by atoms with Gasteiger partial charge in [-0.2, -0.15) is 0 Å². The van der Waals surface area contributed by atoms with E-state index >= 15 is 0 Å². The number of hydrogen-bond acceptors (Lipinski definition) is 6. The lowest BCUT2D eigenvalue weighted by molar-refractivity contribution is -0.139. The summed E-state index contributed by atoms with van der Waals surface area (Å²) in [6, 6.07) is 13.6. The molecule has 1 atom stereocenters. The van der Waals surface area contributed by atoms with Gasteiger partial charge in [-0.05, 0) is 67.6 Å². The number of furan rings is 1. The molecule has 0 aliphatic carbocycles.